The van der Waals surface area contributed by atoms with E-state index >= 15 is 0 Å². The Morgan fingerprint density at radius 3 is 2.43 bits per heavy atom. The molecule has 0 bridgehead atoms. The van der Waals surface area contributed by atoms with E-state index in [1.807, 2.05) is 44.2 Å². The van der Waals surface area contributed by atoms with Gasteiger partial charge in [-0.1, -0.05) is 0 Å². The predicted molar refractivity (Wildman–Crippen MR) is 124 cm³/mol. The zero-order chi connectivity index (χ0) is 21.1. The standard InChI is InChI=1S/C25H31N3O2/c1-4-28-23-14-13-21(30-5-2)17-22(23)18(3)24(28)25(29)26-19-9-11-20(12-10-19)27-15-7-6-8-16-27/h9-14,17H,4-8,15-16H2,1-3H3,(H,26,29). The highest BCUT2D eigenvalue weighted by Gasteiger charge is 2.20. The summed E-state index contributed by atoms with van der Waals surface area (Å²) in [7, 11) is 0. The van der Waals surface area contributed by atoms with Crippen molar-refractivity contribution in [3.05, 3.63) is 53.7 Å². The summed E-state index contributed by atoms with van der Waals surface area (Å²) in [6, 6.07) is 14.3. The average Bonchev–Trinajstić information content (AvgIpc) is 3.06. The number of hydrogen-bond donors (Lipinski definition) is 1. The van der Waals surface area contributed by atoms with Crippen LogP contribution in [0, 0.1) is 6.92 Å². The van der Waals surface area contributed by atoms with E-state index < -0.39 is 0 Å². The molecular weight excluding hydrogens is 374 g/mol. The number of piperidine rings is 1. The Hall–Kier alpha value is -2.95. The summed E-state index contributed by atoms with van der Waals surface area (Å²) in [6.45, 7) is 9.65. The largest absolute Gasteiger partial charge is 0.494 e. The molecule has 5 nitrogen and oxygen atoms in total. The van der Waals surface area contributed by atoms with Crippen molar-refractivity contribution in [1.29, 1.82) is 0 Å². The van der Waals surface area contributed by atoms with Crippen molar-refractivity contribution in [1.82, 2.24) is 4.57 Å². The Morgan fingerprint density at radius 2 is 1.77 bits per heavy atom. The van der Waals surface area contributed by atoms with Gasteiger partial charge in [-0.3, -0.25) is 4.79 Å². The highest BCUT2D eigenvalue weighted by Crippen LogP contribution is 2.30. The molecular formula is C25H31N3O2. The summed E-state index contributed by atoms with van der Waals surface area (Å²) in [5.41, 5.74) is 4.80. The minimum absolute atomic E-state index is 0.0748. The van der Waals surface area contributed by atoms with E-state index in [2.05, 4.69) is 33.8 Å². The van der Waals surface area contributed by atoms with Gasteiger partial charge >= 0.3 is 0 Å². The first-order valence-corrected chi connectivity index (χ1v) is 11.0. The number of carbonyl (C=O) groups is 1. The molecule has 5 heteroatoms. The van der Waals surface area contributed by atoms with Gasteiger partial charge in [-0.25, -0.2) is 0 Å². The summed E-state index contributed by atoms with van der Waals surface area (Å²) in [6.07, 6.45) is 3.83. The fourth-order valence-electron chi connectivity index (χ4n) is 4.48. The van der Waals surface area contributed by atoms with E-state index in [1.54, 1.807) is 0 Å². The molecule has 2 aromatic carbocycles. The normalized spacial score (nSPS) is 14.2. The number of amides is 1. The van der Waals surface area contributed by atoms with Gasteiger partial charge in [-0.2, -0.15) is 0 Å². The number of aromatic nitrogens is 1. The van der Waals surface area contributed by atoms with Crippen LogP contribution in [-0.4, -0.2) is 30.2 Å². The molecule has 0 spiro atoms. The minimum atomic E-state index is -0.0748. The number of benzene rings is 2. The molecule has 3 aromatic rings. The zero-order valence-electron chi connectivity index (χ0n) is 18.2. The first-order chi connectivity index (χ1) is 14.6. The fourth-order valence-corrected chi connectivity index (χ4v) is 4.48. The van der Waals surface area contributed by atoms with Crippen LogP contribution < -0.4 is 15.0 Å². The lowest BCUT2D eigenvalue weighted by molar-refractivity contribution is 0.101. The van der Waals surface area contributed by atoms with Crippen LogP contribution in [0.1, 0.15) is 49.2 Å². The Labute approximate surface area is 178 Å². The molecule has 4 rings (SSSR count). The van der Waals surface area contributed by atoms with E-state index in [1.165, 1.54) is 24.9 Å². The van der Waals surface area contributed by atoms with Gasteiger partial charge in [0.1, 0.15) is 11.4 Å². The molecule has 1 N–H and O–H groups in total. The third kappa shape index (κ3) is 3.89. The molecule has 1 aliphatic heterocycles. The molecule has 0 aliphatic carbocycles. The molecule has 0 radical (unpaired) electrons. The van der Waals surface area contributed by atoms with Crippen LogP contribution in [0.3, 0.4) is 0 Å². The van der Waals surface area contributed by atoms with Crippen molar-refractivity contribution in [2.24, 2.45) is 0 Å². The second kappa shape index (κ2) is 8.82. The lowest BCUT2D eigenvalue weighted by Crippen LogP contribution is -2.29. The zero-order valence-corrected chi connectivity index (χ0v) is 18.2. The van der Waals surface area contributed by atoms with Crippen LogP contribution in [-0.2, 0) is 6.54 Å². The second-order valence-corrected chi connectivity index (χ2v) is 7.88. The molecule has 0 saturated carbocycles. The average molecular weight is 406 g/mol. The second-order valence-electron chi connectivity index (χ2n) is 7.88. The molecule has 30 heavy (non-hydrogen) atoms. The number of fused-ring (bicyclic) bond motifs is 1. The lowest BCUT2D eigenvalue weighted by Gasteiger charge is -2.28. The van der Waals surface area contributed by atoms with Gasteiger partial charge in [0.05, 0.1) is 6.61 Å². The maximum atomic E-state index is 13.2. The molecule has 1 aromatic heterocycles. The van der Waals surface area contributed by atoms with E-state index in [0.29, 0.717) is 12.3 Å². The van der Waals surface area contributed by atoms with Crippen molar-refractivity contribution in [3.8, 4) is 5.75 Å². The summed E-state index contributed by atoms with van der Waals surface area (Å²) >= 11 is 0. The smallest absolute Gasteiger partial charge is 0.272 e. The molecule has 0 unspecified atom stereocenters. The third-order valence-corrected chi connectivity index (χ3v) is 5.98. The minimum Gasteiger partial charge on any atom is -0.494 e. The quantitative estimate of drug-likeness (QED) is 0.580. The number of rotatable bonds is 6. The van der Waals surface area contributed by atoms with Gasteiger partial charge in [-0.15, -0.1) is 0 Å². The molecule has 2 heterocycles. The van der Waals surface area contributed by atoms with Crippen molar-refractivity contribution < 1.29 is 9.53 Å². The van der Waals surface area contributed by atoms with Gasteiger partial charge in [0, 0.05) is 41.9 Å². The van der Waals surface area contributed by atoms with Crippen LogP contribution >= 0.6 is 0 Å². The molecule has 1 amide bonds. The number of ether oxygens (including phenoxy) is 1. The fraction of sp³-hybridized carbons (Fsp3) is 0.400. The van der Waals surface area contributed by atoms with E-state index in [0.717, 1.165) is 47.5 Å². The van der Waals surface area contributed by atoms with Crippen molar-refractivity contribution in [2.75, 3.05) is 29.9 Å². The van der Waals surface area contributed by atoms with E-state index in [-0.39, 0.29) is 5.91 Å². The molecule has 158 valence electrons. The van der Waals surface area contributed by atoms with Gasteiger partial charge in [0.25, 0.3) is 5.91 Å². The maximum absolute atomic E-state index is 13.2. The number of hydrogen-bond acceptors (Lipinski definition) is 3. The summed E-state index contributed by atoms with van der Waals surface area (Å²) in [5, 5.41) is 4.16. The van der Waals surface area contributed by atoms with Crippen LogP contribution in [0.4, 0.5) is 11.4 Å². The Kier molecular flexibility index (Phi) is 5.98. The summed E-state index contributed by atoms with van der Waals surface area (Å²) in [5.74, 6) is 0.760. The van der Waals surface area contributed by atoms with Gasteiger partial charge in [0.15, 0.2) is 0 Å². The monoisotopic (exact) mass is 405 g/mol. The van der Waals surface area contributed by atoms with Gasteiger partial charge in [-0.05, 0) is 88.1 Å². The Bertz CT molecular complexity index is 1030. The predicted octanol–water partition coefficient (Wildman–Crippen LogP) is 5.61. The first kappa shape index (κ1) is 20.3. The van der Waals surface area contributed by atoms with Gasteiger partial charge < -0.3 is 19.5 Å². The number of carbonyl (C=O) groups excluding carboxylic acids is 1. The SMILES string of the molecule is CCOc1ccc2c(c1)c(C)c(C(=O)Nc1ccc(N3CCCCC3)cc1)n2CC. The van der Waals surface area contributed by atoms with Crippen LogP contribution in [0.2, 0.25) is 0 Å². The first-order valence-electron chi connectivity index (χ1n) is 11.0. The molecule has 1 fully saturated rings. The van der Waals surface area contributed by atoms with E-state index in [9.17, 15) is 4.79 Å². The van der Waals surface area contributed by atoms with Crippen molar-refractivity contribution in [3.63, 3.8) is 0 Å². The number of nitrogens with zero attached hydrogens (tertiary/aromatic N) is 2. The van der Waals surface area contributed by atoms with E-state index in [4.69, 9.17) is 4.74 Å². The molecule has 1 saturated heterocycles. The summed E-state index contributed by atoms with van der Waals surface area (Å²) < 4.78 is 7.74. The third-order valence-electron chi connectivity index (χ3n) is 5.98. The van der Waals surface area contributed by atoms with Crippen LogP contribution in [0.15, 0.2) is 42.5 Å². The van der Waals surface area contributed by atoms with Crippen molar-refractivity contribution >= 4 is 28.2 Å². The molecule has 0 atom stereocenters. The highest BCUT2D eigenvalue weighted by atomic mass is 16.5. The Balaban J connectivity index is 1.59. The summed E-state index contributed by atoms with van der Waals surface area (Å²) in [4.78, 5) is 15.6. The highest BCUT2D eigenvalue weighted by molar-refractivity contribution is 6.08. The lowest BCUT2D eigenvalue weighted by atomic mass is 10.1. The topological polar surface area (TPSA) is 46.5 Å². The van der Waals surface area contributed by atoms with Crippen LogP contribution in [0.5, 0.6) is 5.75 Å². The van der Waals surface area contributed by atoms with Crippen molar-refractivity contribution in [2.45, 2.75) is 46.6 Å². The number of aryl methyl sites for hydroxylation is 2. The van der Waals surface area contributed by atoms with Gasteiger partial charge in [0.2, 0.25) is 0 Å². The number of nitrogens with one attached hydrogen (secondary N) is 1. The maximum Gasteiger partial charge on any atom is 0.272 e. The molecule has 1 aliphatic rings. The Morgan fingerprint density at radius 1 is 1.03 bits per heavy atom. The van der Waals surface area contributed by atoms with Crippen LogP contribution in [0.25, 0.3) is 10.9 Å². The number of anilines is 2.